The summed E-state index contributed by atoms with van der Waals surface area (Å²) >= 11 is 0. The van der Waals surface area contributed by atoms with E-state index in [1.165, 1.54) is 17.0 Å². The summed E-state index contributed by atoms with van der Waals surface area (Å²) in [6.07, 6.45) is 0.839. The molecule has 0 bridgehead atoms. The van der Waals surface area contributed by atoms with Gasteiger partial charge in [-0.15, -0.1) is 0 Å². The summed E-state index contributed by atoms with van der Waals surface area (Å²) in [7, 11) is 0. The van der Waals surface area contributed by atoms with Crippen LogP contribution in [0, 0.1) is 5.82 Å². The number of hydrogen-bond acceptors (Lipinski definition) is 7. The van der Waals surface area contributed by atoms with Crippen molar-refractivity contribution in [1.82, 2.24) is 19.9 Å². The molecular formula is C33H34FN5O4. The molecule has 9 nitrogen and oxygen atoms in total. The van der Waals surface area contributed by atoms with E-state index in [0.29, 0.717) is 37.4 Å². The van der Waals surface area contributed by atoms with Crippen LogP contribution in [0.5, 0.6) is 5.75 Å². The maximum absolute atomic E-state index is 14.4. The Labute approximate surface area is 249 Å². The molecule has 3 amide bonds. The van der Waals surface area contributed by atoms with E-state index in [0.717, 1.165) is 21.8 Å². The van der Waals surface area contributed by atoms with Gasteiger partial charge in [0.2, 0.25) is 11.7 Å². The Balaban J connectivity index is 1.27. The van der Waals surface area contributed by atoms with Gasteiger partial charge in [0.1, 0.15) is 23.7 Å². The van der Waals surface area contributed by atoms with Gasteiger partial charge < -0.3 is 9.26 Å². The van der Waals surface area contributed by atoms with E-state index in [1.807, 2.05) is 62.4 Å². The Bertz CT molecular complexity index is 1630. The van der Waals surface area contributed by atoms with Gasteiger partial charge in [-0.05, 0) is 69.5 Å². The average molecular weight is 584 g/mol. The number of hydrogen-bond donors (Lipinski definition) is 0. The number of urea groups is 1. The Kier molecular flexibility index (Phi) is 7.70. The number of halogens is 1. The summed E-state index contributed by atoms with van der Waals surface area (Å²) in [5.41, 5.74) is 1.03. The molecule has 2 fully saturated rings. The van der Waals surface area contributed by atoms with Crippen LogP contribution in [0.4, 0.5) is 14.9 Å². The Morgan fingerprint density at radius 1 is 1.02 bits per heavy atom. The van der Waals surface area contributed by atoms with Gasteiger partial charge in [-0.25, -0.2) is 9.18 Å². The molecular weight excluding hydrogens is 549 g/mol. The normalized spacial score (nSPS) is 20.9. The zero-order valence-electron chi connectivity index (χ0n) is 24.4. The van der Waals surface area contributed by atoms with Crippen LogP contribution in [-0.2, 0) is 17.9 Å². The molecule has 2 aliphatic heterocycles. The second-order valence-electron chi connectivity index (χ2n) is 11.5. The van der Waals surface area contributed by atoms with Gasteiger partial charge in [-0.1, -0.05) is 53.7 Å². The summed E-state index contributed by atoms with van der Waals surface area (Å²) in [6, 6.07) is 22.6. The second-order valence-corrected chi connectivity index (χ2v) is 11.5. The molecule has 4 aromatic rings. The van der Waals surface area contributed by atoms with Crippen molar-refractivity contribution in [3.63, 3.8) is 0 Å². The van der Waals surface area contributed by atoms with Crippen LogP contribution in [0.2, 0.25) is 0 Å². The van der Waals surface area contributed by atoms with Crippen LogP contribution in [0.3, 0.4) is 0 Å². The molecule has 3 heterocycles. The van der Waals surface area contributed by atoms with Crippen molar-refractivity contribution in [1.29, 1.82) is 0 Å². The lowest BCUT2D eigenvalue weighted by molar-refractivity contribution is -0.133. The molecule has 10 heteroatoms. The average Bonchev–Trinajstić information content (AvgIpc) is 3.53. The molecule has 6 rings (SSSR count). The quantitative estimate of drug-likeness (QED) is 0.233. The predicted octanol–water partition coefficient (Wildman–Crippen LogP) is 6.06. The highest BCUT2D eigenvalue weighted by Gasteiger charge is 2.60. The van der Waals surface area contributed by atoms with E-state index in [2.05, 4.69) is 28.0 Å². The first kappa shape index (κ1) is 28.5. The number of rotatable bonds is 8. The molecule has 0 saturated carbocycles. The van der Waals surface area contributed by atoms with Crippen molar-refractivity contribution >= 4 is 17.6 Å². The predicted molar refractivity (Wildman–Crippen MR) is 159 cm³/mol. The van der Waals surface area contributed by atoms with Gasteiger partial charge in [0, 0.05) is 30.4 Å². The maximum Gasteiger partial charge on any atom is 0.332 e. The second kappa shape index (κ2) is 11.6. The van der Waals surface area contributed by atoms with Crippen molar-refractivity contribution in [2.75, 3.05) is 11.4 Å². The van der Waals surface area contributed by atoms with E-state index < -0.39 is 17.4 Å². The minimum atomic E-state index is -1.17. The molecule has 2 saturated heterocycles. The fourth-order valence-corrected chi connectivity index (χ4v) is 6.13. The molecule has 2 aliphatic rings. The SMILES string of the molecule is CC(C)Oc1cccc(CN2CC[C@@]3(C[C@@H]2C)C(=O)N(Cc2nc(-c4ccccc4)no2)C(=O)N3c2cccc(F)c2)c1. The third-order valence-electron chi connectivity index (χ3n) is 8.08. The Morgan fingerprint density at radius 3 is 2.56 bits per heavy atom. The van der Waals surface area contributed by atoms with Crippen LogP contribution in [0.25, 0.3) is 11.4 Å². The highest BCUT2D eigenvalue weighted by Crippen LogP contribution is 2.43. The molecule has 1 spiro atoms. The zero-order valence-corrected chi connectivity index (χ0v) is 24.4. The summed E-state index contributed by atoms with van der Waals surface area (Å²) in [6.45, 7) is 7.10. The third-order valence-corrected chi connectivity index (χ3v) is 8.08. The Morgan fingerprint density at radius 2 is 1.81 bits per heavy atom. The largest absolute Gasteiger partial charge is 0.491 e. The van der Waals surface area contributed by atoms with Crippen LogP contribution in [-0.4, -0.2) is 56.1 Å². The molecule has 3 aromatic carbocycles. The van der Waals surface area contributed by atoms with Crippen molar-refractivity contribution in [3.05, 3.63) is 96.1 Å². The number of imide groups is 1. The first-order chi connectivity index (χ1) is 20.7. The number of benzene rings is 3. The fourth-order valence-electron chi connectivity index (χ4n) is 6.13. The smallest absolute Gasteiger partial charge is 0.332 e. The standard InChI is InChI=1S/C33H34FN5O4/c1-22(2)42-28-14-7-9-24(17-28)20-37-16-15-33(19-23(37)3)31(40)38(32(41)39(33)27-13-8-12-26(34)18-27)21-29-35-30(36-43-29)25-10-5-4-6-11-25/h4-14,17-18,22-23H,15-16,19-21H2,1-3H3/t23-,33+/m0/s1. The molecule has 0 N–H and O–H groups in total. The van der Waals surface area contributed by atoms with Crippen LogP contribution >= 0.6 is 0 Å². The maximum atomic E-state index is 14.4. The van der Waals surface area contributed by atoms with Gasteiger partial charge in [0.15, 0.2) is 0 Å². The van der Waals surface area contributed by atoms with E-state index in [-0.39, 0.29) is 30.5 Å². The van der Waals surface area contributed by atoms with Crippen molar-refractivity contribution < 1.29 is 23.2 Å². The van der Waals surface area contributed by atoms with Gasteiger partial charge in [-0.3, -0.25) is 19.5 Å². The first-order valence-electron chi connectivity index (χ1n) is 14.5. The number of piperidine rings is 1. The molecule has 1 aromatic heterocycles. The van der Waals surface area contributed by atoms with E-state index in [1.54, 1.807) is 12.1 Å². The van der Waals surface area contributed by atoms with E-state index in [4.69, 9.17) is 9.26 Å². The van der Waals surface area contributed by atoms with Gasteiger partial charge in [-0.2, -0.15) is 4.98 Å². The third kappa shape index (κ3) is 5.62. The molecule has 0 aliphatic carbocycles. The Hall–Kier alpha value is -4.57. The lowest BCUT2D eigenvalue weighted by Crippen LogP contribution is -2.59. The van der Waals surface area contributed by atoms with Crippen LogP contribution in [0.15, 0.2) is 83.4 Å². The summed E-state index contributed by atoms with van der Waals surface area (Å²) < 4.78 is 25.7. The highest BCUT2D eigenvalue weighted by molar-refractivity contribution is 6.16. The highest BCUT2D eigenvalue weighted by atomic mass is 19.1. The number of carbonyl (C=O) groups excluding carboxylic acids is 2. The number of ether oxygens (including phenoxy) is 1. The van der Waals surface area contributed by atoms with Crippen LogP contribution < -0.4 is 9.64 Å². The van der Waals surface area contributed by atoms with Crippen LogP contribution in [0.1, 0.15) is 45.1 Å². The monoisotopic (exact) mass is 583 g/mol. The lowest BCUT2D eigenvalue weighted by atomic mass is 9.81. The minimum absolute atomic E-state index is 0.0516. The number of anilines is 1. The number of amides is 3. The molecule has 0 radical (unpaired) electrons. The molecule has 43 heavy (non-hydrogen) atoms. The molecule has 222 valence electrons. The first-order valence-corrected chi connectivity index (χ1v) is 14.5. The fraction of sp³-hybridized carbons (Fsp3) is 0.333. The zero-order chi connectivity index (χ0) is 30.1. The van der Waals surface area contributed by atoms with Gasteiger partial charge in [0.05, 0.1) is 6.10 Å². The van der Waals surface area contributed by atoms with Gasteiger partial charge in [0.25, 0.3) is 5.91 Å². The molecule has 2 atom stereocenters. The summed E-state index contributed by atoms with van der Waals surface area (Å²) in [5.74, 6) is 0.501. The van der Waals surface area contributed by atoms with E-state index >= 15 is 0 Å². The number of carbonyl (C=O) groups is 2. The summed E-state index contributed by atoms with van der Waals surface area (Å²) in [4.78, 5) is 37.6. The van der Waals surface area contributed by atoms with Crippen molar-refractivity contribution in [3.8, 4) is 17.1 Å². The van der Waals surface area contributed by atoms with Crippen molar-refractivity contribution in [2.24, 2.45) is 0 Å². The number of likely N-dealkylation sites (tertiary alicyclic amines) is 1. The van der Waals surface area contributed by atoms with E-state index in [9.17, 15) is 14.0 Å². The number of nitrogens with zero attached hydrogens (tertiary/aromatic N) is 5. The molecule has 0 unspecified atom stereocenters. The topological polar surface area (TPSA) is 92.0 Å². The van der Waals surface area contributed by atoms with Gasteiger partial charge >= 0.3 is 6.03 Å². The van der Waals surface area contributed by atoms with Crippen molar-refractivity contribution in [2.45, 2.75) is 64.4 Å². The minimum Gasteiger partial charge on any atom is -0.491 e. The number of aromatic nitrogens is 2. The lowest BCUT2D eigenvalue weighted by Gasteiger charge is -2.45. The summed E-state index contributed by atoms with van der Waals surface area (Å²) in [5, 5.41) is 4.04.